The van der Waals surface area contributed by atoms with Crippen molar-refractivity contribution in [1.29, 1.82) is 5.26 Å². The first-order valence-electron chi connectivity index (χ1n) is 9.29. The molecule has 152 valence electrons. The lowest BCUT2D eigenvalue weighted by Crippen LogP contribution is -2.49. The lowest BCUT2D eigenvalue weighted by molar-refractivity contribution is -0.135. The van der Waals surface area contributed by atoms with Gasteiger partial charge in [0.15, 0.2) is 6.17 Å². The third-order valence-corrected chi connectivity index (χ3v) is 4.76. The summed E-state index contributed by atoms with van der Waals surface area (Å²) in [6, 6.07) is 8.87. The summed E-state index contributed by atoms with van der Waals surface area (Å²) in [5.41, 5.74) is 1.64. The molecule has 1 amide bonds. The number of aliphatic hydroxyl groups excluding tert-OH is 1. The predicted octanol–water partition coefficient (Wildman–Crippen LogP) is 1.76. The number of nitriles is 1. The van der Waals surface area contributed by atoms with Crippen molar-refractivity contribution in [2.45, 2.75) is 25.1 Å². The topological polar surface area (TPSA) is 111 Å². The molecule has 0 aliphatic carbocycles. The molecule has 1 aromatic heterocycles. The second-order valence-electron chi connectivity index (χ2n) is 6.64. The first kappa shape index (κ1) is 20.5. The fourth-order valence-electron chi connectivity index (χ4n) is 3.19. The van der Waals surface area contributed by atoms with Crippen LogP contribution in [0.5, 0.6) is 5.75 Å². The largest absolute Gasteiger partial charge is 0.486 e. The average Bonchev–Trinajstić information content (AvgIpc) is 2.75. The van der Waals surface area contributed by atoms with Gasteiger partial charge in [0.25, 0.3) is 0 Å². The molecule has 2 aromatic rings. The number of ether oxygens (including phenoxy) is 1. The van der Waals surface area contributed by atoms with E-state index in [1.54, 1.807) is 31.3 Å². The Morgan fingerprint density at radius 1 is 1.45 bits per heavy atom. The number of alkyl halides is 1. The minimum atomic E-state index is -1.38. The number of carbonyl (C=O) groups excluding carboxylic acids is 1. The summed E-state index contributed by atoms with van der Waals surface area (Å²) in [6.45, 7) is 0.00105. The number of nitrogens with zero attached hydrogens (tertiary/aromatic N) is 4. The zero-order valence-electron chi connectivity index (χ0n) is 16.0. The lowest BCUT2D eigenvalue weighted by Gasteiger charge is -2.34. The minimum absolute atomic E-state index is 0.0173. The Hall–Kier alpha value is -3.25. The number of hydrogen-bond acceptors (Lipinski definition) is 7. The maximum absolute atomic E-state index is 14.6. The smallest absolute Gasteiger partial charge is 0.224 e. The number of piperidine rings is 1. The van der Waals surface area contributed by atoms with Crippen LogP contribution in [0.3, 0.4) is 0 Å². The van der Waals surface area contributed by atoms with Gasteiger partial charge in [-0.2, -0.15) is 5.26 Å². The number of benzene rings is 1. The van der Waals surface area contributed by atoms with Crippen LogP contribution in [-0.4, -0.2) is 64.9 Å². The molecule has 1 aliphatic rings. The predicted molar refractivity (Wildman–Crippen MR) is 104 cm³/mol. The molecule has 0 bridgehead atoms. The molecule has 1 aromatic carbocycles. The minimum Gasteiger partial charge on any atom is -0.486 e. The van der Waals surface area contributed by atoms with E-state index < -0.39 is 12.3 Å². The van der Waals surface area contributed by atoms with Gasteiger partial charge in [-0.1, -0.05) is 0 Å². The maximum Gasteiger partial charge on any atom is 0.224 e. The number of aromatic nitrogens is 2. The highest BCUT2D eigenvalue weighted by atomic mass is 19.1. The molecule has 9 heteroatoms. The summed E-state index contributed by atoms with van der Waals surface area (Å²) >= 11 is 0. The summed E-state index contributed by atoms with van der Waals surface area (Å²) in [6.07, 6.45) is -0.408. The van der Waals surface area contributed by atoms with Gasteiger partial charge < -0.3 is 20.1 Å². The molecule has 1 fully saturated rings. The first-order chi connectivity index (χ1) is 14.0. The SMILES string of the molecule is CNc1cc(-c2ccc(OC3CCN(C(=O)CCO)CC3F)c(C#N)c2)ncn1. The molecule has 1 aliphatic heterocycles. The zero-order chi connectivity index (χ0) is 20.8. The second-order valence-corrected chi connectivity index (χ2v) is 6.64. The van der Waals surface area contributed by atoms with Crippen LogP contribution in [-0.2, 0) is 4.79 Å². The highest BCUT2D eigenvalue weighted by Crippen LogP contribution is 2.29. The monoisotopic (exact) mass is 399 g/mol. The Labute approximate surface area is 168 Å². The van der Waals surface area contributed by atoms with Crippen molar-refractivity contribution in [2.24, 2.45) is 0 Å². The highest BCUT2D eigenvalue weighted by molar-refractivity contribution is 5.76. The Kier molecular flexibility index (Phi) is 6.57. The third kappa shape index (κ3) is 4.78. The van der Waals surface area contributed by atoms with Gasteiger partial charge in [-0.15, -0.1) is 0 Å². The van der Waals surface area contributed by atoms with E-state index in [1.807, 2.05) is 0 Å². The van der Waals surface area contributed by atoms with Crippen molar-refractivity contribution >= 4 is 11.7 Å². The number of aliphatic hydroxyl groups is 1. The number of likely N-dealkylation sites (tertiary alicyclic amines) is 1. The van der Waals surface area contributed by atoms with Gasteiger partial charge >= 0.3 is 0 Å². The van der Waals surface area contributed by atoms with Crippen molar-refractivity contribution in [3.8, 4) is 23.1 Å². The second kappa shape index (κ2) is 9.30. The average molecular weight is 399 g/mol. The quantitative estimate of drug-likeness (QED) is 0.761. The summed E-state index contributed by atoms with van der Waals surface area (Å²) in [5, 5.41) is 21.3. The van der Waals surface area contributed by atoms with Crippen LogP contribution in [0.4, 0.5) is 10.2 Å². The van der Waals surface area contributed by atoms with Crippen LogP contribution in [0.25, 0.3) is 11.3 Å². The molecule has 1 saturated heterocycles. The lowest BCUT2D eigenvalue weighted by atomic mass is 10.0. The molecule has 3 rings (SSSR count). The van der Waals surface area contributed by atoms with E-state index in [0.717, 1.165) is 0 Å². The molecule has 29 heavy (non-hydrogen) atoms. The molecular formula is C20H22FN5O3. The van der Waals surface area contributed by atoms with Crippen molar-refractivity contribution < 1.29 is 19.0 Å². The van der Waals surface area contributed by atoms with Crippen LogP contribution in [0, 0.1) is 11.3 Å². The Morgan fingerprint density at radius 2 is 2.28 bits per heavy atom. The molecule has 8 nitrogen and oxygen atoms in total. The van der Waals surface area contributed by atoms with Crippen LogP contribution in [0.1, 0.15) is 18.4 Å². The number of halogens is 1. The van der Waals surface area contributed by atoms with E-state index in [0.29, 0.717) is 35.8 Å². The highest BCUT2D eigenvalue weighted by Gasteiger charge is 2.33. The molecule has 2 atom stereocenters. The fourth-order valence-corrected chi connectivity index (χ4v) is 3.19. The molecule has 0 radical (unpaired) electrons. The molecule has 0 spiro atoms. The first-order valence-corrected chi connectivity index (χ1v) is 9.29. The van der Waals surface area contributed by atoms with E-state index in [-0.39, 0.29) is 31.0 Å². The summed E-state index contributed by atoms with van der Waals surface area (Å²) < 4.78 is 20.3. The number of amides is 1. The number of anilines is 1. The Morgan fingerprint density at radius 3 is 2.97 bits per heavy atom. The van der Waals surface area contributed by atoms with E-state index in [1.165, 1.54) is 11.2 Å². The number of hydrogen-bond donors (Lipinski definition) is 2. The van der Waals surface area contributed by atoms with E-state index in [9.17, 15) is 14.4 Å². The third-order valence-electron chi connectivity index (χ3n) is 4.76. The number of carbonyl (C=O) groups is 1. The van der Waals surface area contributed by atoms with Crippen molar-refractivity contribution in [3.05, 3.63) is 36.2 Å². The van der Waals surface area contributed by atoms with Crippen molar-refractivity contribution in [2.75, 3.05) is 32.1 Å². The Bertz CT molecular complexity index is 917. The van der Waals surface area contributed by atoms with Gasteiger partial charge in [0.2, 0.25) is 5.91 Å². The van der Waals surface area contributed by atoms with E-state index in [2.05, 4.69) is 21.4 Å². The van der Waals surface area contributed by atoms with Crippen LogP contribution in [0.15, 0.2) is 30.6 Å². The molecule has 2 unspecified atom stereocenters. The zero-order valence-corrected chi connectivity index (χ0v) is 16.0. The standard InChI is InChI=1S/C20H22FN5O3/c1-23-19-9-16(24-12-25-19)13-2-3-17(14(8-13)10-22)29-18-4-6-26(11-15(18)21)20(28)5-7-27/h2-3,8-9,12,15,18,27H,4-7,11H2,1H3,(H,23,24,25). The molecular weight excluding hydrogens is 377 g/mol. The van der Waals surface area contributed by atoms with Crippen LogP contribution in [0.2, 0.25) is 0 Å². The Balaban J connectivity index is 1.73. The normalized spacial score (nSPS) is 18.8. The number of nitrogens with one attached hydrogen (secondary N) is 1. The molecule has 2 N–H and O–H groups in total. The molecule has 0 saturated carbocycles. The van der Waals surface area contributed by atoms with Crippen molar-refractivity contribution in [1.82, 2.24) is 14.9 Å². The molecule has 2 heterocycles. The fraction of sp³-hybridized carbons (Fsp3) is 0.400. The van der Waals surface area contributed by atoms with Gasteiger partial charge in [0, 0.05) is 38.1 Å². The number of rotatable bonds is 6. The van der Waals surface area contributed by atoms with E-state index >= 15 is 0 Å². The summed E-state index contributed by atoms with van der Waals surface area (Å²) in [7, 11) is 1.75. The van der Waals surface area contributed by atoms with E-state index in [4.69, 9.17) is 9.84 Å². The maximum atomic E-state index is 14.6. The van der Waals surface area contributed by atoms with Gasteiger partial charge in [0.1, 0.15) is 30.1 Å². The van der Waals surface area contributed by atoms with Crippen LogP contribution >= 0.6 is 0 Å². The van der Waals surface area contributed by atoms with Gasteiger partial charge in [-0.3, -0.25) is 4.79 Å². The van der Waals surface area contributed by atoms with Gasteiger partial charge in [0.05, 0.1) is 24.4 Å². The van der Waals surface area contributed by atoms with Crippen LogP contribution < -0.4 is 10.1 Å². The van der Waals surface area contributed by atoms with Gasteiger partial charge in [-0.25, -0.2) is 14.4 Å². The van der Waals surface area contributed by atoms with Crippen molar-refractivity contribution in [3.63, 3.8) is 0 Å². The summed E-state index contributed by atoms with van der Waals surface area (Å²) in [4.78, 5) is 21.5. The summed E-state index contributed by atoms with van der Waals surface area (Å²) in [5.74, 6) is 0.667. The van der Waals surface area contributed by atoms with Gasteiger partial charge in [-0.05, 0) is 18.2 Å².